The number of amides is 3. The first-order chi connectivity index (χ1) is 16.0. The van der Waals surface area contributed by atoms with Gasteiger partial charge in [-0.3, -0.25) is 14.6 Å². The second-order valence-corrected chi connectivity index (χ2v) is 8.17. The summed E-state index contributed by atoms with van der Waals surface area (Å²) in [6.07, 6.45) is -3.25. The second-order valence-electron chi connectivity index (χ2n) is 7.76. The molecule has 1 aromatic heterocycles. The molecule has 174 valence electrons. The minimum absolute atomic E-state index is 0.00256. The fourth-order valence-electron chi connectivity index (χ4n) is 4.02. The van der Waals surface area contributed by atoms with Gasteiger partial charge in [0, 0.05) is 12.7 Å². The van der Waals surface area contributed by atoms with Crippen LogP contribution in [0.3, 0.4) is 0 Å². The zero-order valence-electron chi connectivity index (χ0n) is 17.9. The van der Waals surface area contributed by atoms with Crippen molar-refractivity contribution in [1.29, 1.82) is 5.26 Å². The second kappa shape index (κ2) is 8.50. The number of imide groups is 1. The molecule has 11 heteroatoms. The molecular formula is C23H17ClF3N5O2. The largest absolute Gasteiger partial charge is 0.416 e. The van der Waals surface area contributed by atoms with Gasteiger partial charge in [0.25, 0.3) is 0 Å². The first kappa shape index (κ1) is 23.3. The Balaban J connectivity index is 1.82. The van der Waals surface area contributed by atoms with Gasteiger partial charge < -0.3 is 0 Å². The van der Waals surface area contributed by atoms with Crippen LogP contribution in [0.5, 0.6) is 0 Å². The predicted octanol–water partition coefficient (Wildman–Crippen LogP) is 4.99. The van der Waals surface area contributed by atoms with Crippen molar-refractivity contribution in [2.45, 2.75) is 25.1 Å². The standard InChI is InChI=1S/C23H17ClF3N5O2/c1-13-19(20-18(24)12-29-32(20)16-8-6-14(11-28)7-9-16)21(33)30(2)22(34)31(13)17-5-3-4-15(10-17)23(25,26)27/h3-10,12-13,19H,1-2H3. The van der Waals surface area contributed by atoms with Crippen LogP contribution in [-0.2, 0) is 11.0 Å². The molecule has 2 aromatic carbocycles. The van der Waals surface area contributed by atoms with Gasteiger partial charge in [-0.2, -0.15) is 23.5 Å². The maximum atomic E-state index is 13.3. The van der Waals surface area contributed by atoms with Crippen LogP contribution in [0.1, 0.15) is 29.7 Å². The summed E-state index contributed by atoms with van der Waals surface area (Å²) in [6, 6.07) is 11.1. The van der Waals surface area contributed by atoms with E-state index in [9.17, 15) is 22.8 Å². The van der Waals surface area contributed by atoms with E-state index in [-0.39, 0.29) is 16.4 Å². The van der Waals surface area contributed by atoms with E-state index in [1.807, 2.05) is 6.07 Å². The zero-order chi connectivity index (χ0) is 24.8. The van der Waals surface area contributed by atoms with Crippen LogP contribution in [0, 0.1) is 11.3 Å². The molecule has 1 fully saturated rings. The van der Waals surface area contributed by atoms with Gasteiger partial charge >= 0.3 is 12.2 Å². The van der Waals surface area contributed by atoms with E-state index >= 15 is 0 Å². The summed E-state index contributed by atoms with van der Waals surface area (Å²) < 4.78 is 41.3. The maximum absolute atomic E-state index is 13.3. The van der Waals surface area contributed by atoms with Crippen molar-refractivity contribution < 1.29 is 22.8 Å². The Kier molecular flexibility index (Phi) is 5.83. The maximum Gasteiger partial charge on any atom is 0.416 e. The average molecular weight is 488 g/mol. The lowest BCUT2D eigenvalue weighted by atomic mass is 9.91. The van der Waals surface area contributed by atoms with Crippen LogP contribution in [0.2, 0.25) is 5.02 Å². The number of nitriles is 1. The first-order valence-electron chi connectivity index (χ1n) is 10.1. The SMILES string of the molecule is CC1C(c2c(Cl)cnn2-c2ccc(C#N)cc2)C(=O)N(C)C(=O)N1c1cccc(C(F)(F)F)c1. The van der Waals surface area contributed by atoms with Crippen molar-refractivity contribution in [3.05, 3.63) is 76.6 Å². The number of hydrogen-bond donors (Lipinski definition) is 0. The number of rotatable bonds is 3. The van der Waals surface area contributed by atoms with Crippen LogP contribution < -0.4 is 4.90 Å². The number of hydrogen-bond acceptors (Lipinski definition) is 4. The highest BCUT2D eigenvalue weighted by atomic mass is 35.5. The number of carbonyl (C=O) groups is 2. The summed E-state index contributed by atoms with van der Waals surface area (Å²) in [5.74, 6) is -1.60. The van der Waals surface area contributed by atoms with Gasteiger partial charge in [-0.1, -0.05) is 17.7 Å². The van der Waals surface area contributed by atoms with E-state index in [1.54, 1.807) is 31.2 Å². The Morgan fingerprint density at radius 3 is 2.38 bits per heavy atom. The quantitative estimate of drug-likeness (QED) is 0.521. The van der Waals surface area contributed by atoms with E-state index in [4.69, 9.17) is 16.9 Å². The lowest BCUT2D eigenvalue weighted by Gasteiger charge is -2.42. The topological polar surface area (TPSA) is 82.2 Å². The molecule has 3 aromatic rings. The smallest absolute Gasteiger partial charge is 0.290 e. The number of likely N-dealkylation sites (N-methyl/N-ethyl adjacent to an activating group) is 1. The Hall–Kier alpha value is -3.84. The molecule has 0 spiro atoms. The van der Waals surface area contributed by atoms with Crippen LogP contribution in [0.15, 0.2) is 54.7 Å². The van der Waals surface area contributed by atoms with E-state index in [0.29, 0.717) is 11.3 Å². The molecule has 7 nitrogen and oxygen atoms in total. The number of urea groups is 1. The van der Waals surface area contributed by atoms with Gasteiger partial charge in [0.15, 0.2) is 0 Å². The summed E-state index contributed by atoms with van der Waals surface area (Å²) >= 11 is 6.42. The summed E-state index contributed by atoms with van der Waals surface area (Å²) in [6.45, 7) is 1.57. The van der Waals surface area contributed by atoms with Crippen molar-refractivity contribution >= 4 is 29.2 Å². The monoisotopic (exact) mass is 487 g/mol. The summed E-state index contributed by atoms with van der Waals surface area (Å²) in [5.41, 5.74) is 0.303. The third-order valence-corrected chi connectivity index (χ3v) is 6.02. The molecule has 34 heavy (non-hydrogen) atoms. The Bertz CT molecular complexity index is 1310. The van der Waals surface area contributed by atoms with Crippen LogP contribution in [0.4, 0.5) is 23.7 Å². The van der Waals surface area contributed by atoms with Gasteiger partial charge in [0.1, 0.15) is 5.92 Å². The third-order valence-electron chi connectivity index (χ3n) is 5.73. The number of aromatic nitrogens is 2. The molecule has 0 aliphatic carbocycles. The van der Waals surface area contributed by atoms with Crippen molar-refractivity contribution in [3.63, 3.8) is 0 Å². The molecule has 4 rings (SSSR count). The Morgan fingerprint density at radius 2 is 1.76 bits per heavy atom. The van der Waals surface area contributed by atoms with Crippen LogP contribution in [-0.4, -0.2) is 39.7 Å². The summed E-state index contributed by atoms with van der Waals surface area (Å²) in [5, 5.41) is 13.4. The molecule has 2 unspecified atom stereocenters. The van der Waals surface area contributed by atoms with E-state index in [2.05, 4.69) is 5.10 Å². The third kappa shape index (κ3) is 3.88. The Morgan fingerprint density at radius 1 is 1.09 bits per heavy atom. The lowest BCUT2D eigenvalue weighted by molar-refractivity contribution is -0.137. The molecule has 0 saturated carbocycles. The molecule has 0 bridgehead atoms. The van der Waals surface area contributed by atoms with Gasteiger partial charge in [0.2, 0.25) is 5.91 Å². The van der Waals surface area contributed by atoms with Gasteiger partial charge in [0.05, 0.1) is 45.8 Å². The molecule has 3 amide bonds. The highest BCUT2D eigenvalue weighted by Gasteiger charge is 2.47. The average Bonchev–Trinajstić information content (AvgIpc) is 3.18. The van der Waals surface area contributed by atoms with Gasteiger partial charge in [-0.05, 0) is 49.4 Å². The number of carbonyl (C=O) groups excluding carboxylic acids is 2. The number of anilines is 1. The molecule has 0 N–H and O–H groups in total. The minimum Gasteiger partial charge on any atom is -0.290 e. The molecule has 0 radical (unpaired) electrons. The number of benzene rings is 2. The highest BCUT2D eigenvalue weighted by molar-refractivity contribution is 6.31. The molecule has 2 heterocycles. The summed E-state index contributed by atoms with van der Waals surface area (Å²) in [7, 11) is 1.26. The fourth-order valence-corrected chi connectivity index (χ4v) is 4.26. The zero-order valence-corrected chi connectivity index (χ0v) is 18.7. The van der Waals surface area contributed by atoms with Crippen molar-refractivity contribution in [2.24, 2.45) is 0 Å². The van der Waals surface area contributed by atoms with Crippen molar-refractivity contribution in [2.75, 3.05) is 11.9 Å². The van der Waals surface area contributed by atoms with Gasteiger partial charge in [-0.25, -0.2) is 9.48 Å². The van der Waals surface area contributed by atoms with Crippen molar-refractivity contribution in [3.8, 4) is 11.8 Å². The lowest BCUT2D eigenvalue weighted by Crippen LogP contribution is -2.59. The van der Waals surface area contributed by atoms with E-state index in [0.717, 1.165) is 21.9 Å². The fraction of sp³-hybridized carbons (Fsp3) is 0.217. The molecule has 1 aliphatic rings. The molecule has 1 saturated heterocycles. The van der Waals surface area contributed by atoms with Crippen LogP contribution in [0.25, 0.3) is 5.69 Å². The highest BCUT2D eigenvalue weighted by Crippen LogP contribution is 2.39. The van der Waals surface area contributed by atoms with E-state index < -0.39 is 35.6 Å². The predicted molar refractivity (Wildman–Crippen MR) is 118 cm³/mol. The van der Waals surface area contributed by atoms with E-state index in [1.165, 1.54) is 30.1 Å². The normalized spacial score (nSPS) is 18.9. The number of halogens is 4. The van der Waals surface area contributed by atoms with Gasteiger partial charge in [-0.15, -0.1) is 0 Å². The molecular weight excluding hydrogens is 471 g/mol. The number of alkyl halides is 3. The molecule has 1 aliphatic heterocycles. The van der Waals surface area contributed by atoms with Crippen LogP contribution >= 0.6 is 11.6 Å². The Labute approximate surface area is 197 Å². The number of nitrogens with zero attached hydrogens (tertiary/aromatic N) is 5. The minimum atomic E-state index is -4.60. The molecule has 2 atom stereocenters. The van der Waals surface area contributed by atoms with Crippen molar-refractivity contribution in [1.82, 2.24) is 14.7 Å². The summed E-state index contributed by atoms with van der Waals surface area (Å²) in [4.78, 5) is 28.2. The first-order valence-corrected chi connectivity index (χ1v) is 10.4.